The van der Waals surface area contributed by atoms with E-state index in [1.54, 1.807) is 0 Å². The second-order valence-electron chi connectivity index (χ2n) is 4.53. The number of amides is 1. The van der Waals surface area contributed by atoms with Crippen LogP contribution in [0.1, 0.15) is 18.4 Å². The summed E-state index contributed by atoms with van der Waals surface area (Å²) in [6.07, 6.45) is 1.97. The Morgan fingerprint density at radius 2 is 2.31 bits per heavy atom. The predicted octanol–water partition coefficient (Wildman–Crippen LogP) is 1.70. The molecule has 2 rings (SSSR count). The molecule has 0 aromatic heterocycles. The summed E-state index contributed by atoms with van der Waals surface area (Å²) in [5.41, 5.74) is 7.82. The van der Waals surface area contributed by atoms with Gasteiger partial charge in [-0.3, -0.25) is 4.79 Å². The first-order chi connectivity index (χ1) is 7.66. The summed E-state index contributed by atoms with van der Waals surface area (Å²) in [7, 11) is 0. The normalized spacial score (nSPS) is 20.8. The zero-order chi connectivity index (χ0) is 11.5. The lowest BCUT2D eigenvalue weighted by atomic mass is 9.97. The number of benzene rings is 1. The fourth-order valence-electron chi connectivity index (χ4n) is 2.27. The van der Waals surface area contributed by atoms with E-state index >= 15 is 0 Å². The molecule has 1 heterocycles. The van der Waals surface area contributed by atoms with Crippen LogP contribution in [0.5, 0.6) is 0 Å². The second kappa shape index (κ2) is 4.56. The minimum Gasteiger partial charge on any atom is -0.371 e. The maximum atomic E-state index is 11.2. The number of piperidine rings is 1. The van der Waals surface area contributed by atoms with E-state index in [2.05, 4.69) is 36.1 Å². The number of hydrogen-bond donors (Lipinski definition) is 1. The van der Waals surface area contributed by atoms with Crippen molar-refractivity contribution < 1.29 is 4.79 Å². The van der Waals surface area contributed by atoms with Crippen LogP contribution in [0.15, 0.2) is 24.3 Å². The first-order valence-corrected chi connectivity index (χ1v) is 5.78. The highest BCUT2D eigenvalue weighted by molar-refractivity contribution is 5.77. The third kappa shape index (κ3) is 2.35. The number of carbonyl (C=O) groups excluding carboxylic acids is 1. The van der Waals surface area contributed by atoms with Gasteiger partial charge in [-0.05, 0) is 37.5 Å². The molecule has 1 aliphatic rings. The molecule has 2 N–H and O–H groups in total. The maximum absolute atomic E-state index is 11.2. The number of nitrogens with two attached hydrogens (primary N) is 1. The fraction of sp³-hybridized carbons (Fsp3) is 0.462. The van der Waals surface area contributed by atoms with E-state index in [1.807, 2.05) is 0 Å². The van der Waals surface area contributed by atoms with Crippen molar-refractivity contribution in [1.29, 1.82) is 0 Å². The Labute approximate surface area is 96.2 Å². The van der Waals surface area contributed by atoms with Crippen molar-refractivity contribution in [3.05, 3.63) is 29.8 Å². The van der Waals surface area contributed by atoms with Gasteiger partial charge in [-0.1, -0.05) is 12.1 Å². The van der Waals surface area contributed by atoms with Gasteiger partial charge in [0.2, 0.25) is 5.91 Å². The zero-order valence-electron chi connectivity index (χ0n) is 9.65. The van der Waals surface area contributed by atoms with Crippen molar-refractivity contribution in [1.82, 2.24) is 0 Å². The SMILES string of the molecule is Cc1cccc(N2CCCC(C(N)=O)C2)c1. The molecule has 0 aliphatic carbocycles. The fourth-order valence-corrected chi connectivity index (χ4v) is 2.27. The zero-order valence-corrected chi connectivity index (χ0v) is 9.65. The van der Waals surface area contributed by atoms with E-state index in [1.165, 1.54) is 11.3 Å². The van der Waals surface area contributed by atoms with Crippen LogP contribution in [0.4, 0.5) is 5.69 Å². The lowest BCUT2D eigenvalue weighted by Crippen LogP contribution is -2.41. The number of nitrogens with zero attached hydrogens (tertiary/aromatic N) is 1. The summed E-state index contributed by atoms with van der Waals surface area (Å²) in [6.45, 7) is 3.87. The number of carbonyl (C=O) groups is 1. The first kappa shape index (κ1) is 11.0. The van der Waals surface area contributed by atoms with Gasteiger partial charge in [-0.15, -0.1) is 0 Å². The molecule has 0 spiro atoms. The Morgan fingerprint density at radius 1 is 1.50 bits per heavy atom. The number of hydrogen-bond acceptors (Lipinski definition) is 2. The monoisotopic (exact) mass is 218 g/mol. The third-order valence-electron chi connectivity index (χ3n) is 3.19. The van der Waals surface area contributed by atoms with Crippen LogP contribution < -0.4 is 10.6 Å². The minimum atomic E-state index is -0.169. The molecule has 1 fully saturated rings. The summed E-state index contributed by atoms with van der Waals surface area (Å²) in [4.78, 5) is 13.4. The van der Waals surface area contributed by atoms with Crippen LogP contribution in [0.25, 0.3) is 0 Å². The number of anilines is 1. The summed E-state index contributed by atoms with van der Waals surface area (Å²) < 4.78 is 0. The Balaban J connectivity index is 2.12. The average molecular weight is 218 g/mol. The van der Waals surface area contributed by atoms with Crippen molar-refractivity contribution in [2.45, 2.75) is 19.8 Å². The van der Waals surface area contributed by atoms with Gasteiger partial charge >= 0.3 is 0 Å². The lowest BCUT2D eigenvalue weighted by molar-refractivity contribution is -0.122. The van der Waals surface area contributed by atoms with Crippen LogP contribution in [-0.4, -0.2) is 19.0 Å². The standard InChI is InChI=1S/C13H18N2O/c1-10-4-2-6-12(8-10)15-7-3-5-11(9-15)13(14)16/h2,4,6,8,11H,3,5,7,9H2,1H3,(H2,14,16). The highest BCUT2D eigenvalue weighted by atomic mass is 16.1. The molecule has 3 nitrogen and oxygen atoms in total. The molecule has 1 atom stereocenters. The molecule has 1 saturated heterocycles. The molecule has 1 aromatic rings. The molecule has 0 radical (unpaired) electrons. The molecule has 16 heavy (non-hydrogen) atoms. The highest BCUT2D eigenvalue weighted by Crippen LogP contribution is 2.23. The lowest BCUT2D eigenvalue weighted by Gasteiger charge is -2.33. The third-order valence-corrected chi connectivity index (χ3v) is 3.19. The van der Waals surface area contributed by atoms with Crippen LogP contribution in [0.2, 0.25) is 0 Å². The summed E-state index contributed by atoms with van der Waals surface area (Å²) in [6, 6.07) is 8.39. The van der Waals surface area contributed by atoms with E-state index in [4.69, 9.17) is 5.73 Å². The van der Waals surface area contributed by atoms with E-state index in [-0.39, 0.29) is 11.8 Å². The van der Waals surface area contributed by atoms with Gasteiger partial charge in [0.25, 0.3) is 0 Å². The number of rotatable bonds is 2. The molecule has 3 heteroatoms. The second-order valence-corrected chi connectivity index (χ2v) is 4.53. The molecule has 1 aliphatic heterocycles. The van der Waals surface area contributed by atoms with E-state index < -0.39 is 0 Å². The maximum Gasteiger partial charge on any atom is 0.222 e. The molecule has 0 saturated carbocycles. The molecule has 1 amide bonds. The van der Waals surface area contributed by atoms with Gasteiger partial charge in [-0.25, -0.2) is 0 Å². The van der Waals surface area contributed by atoms with Gasteiger partial charge < -0.3 is 10.6 Å². The van der Waals surface area contributed by atoms with Gasteiger partial charge in [0.05, 0.1) is 5.92 Å². The van der Waals surface area contributed by atoms with Crippen LogP contribution >= 0.6 is 0 Å². The summed E-state index contributed by atoms with van der Waals surface area (Å²) >= 11 is 0. The van der Waals surface area contributed by atoms with Crippen molar-refractivity contribution in [2.75, 3.05) is 18.0 Å². The molecule has 1 aromatic carbocycles. The first-order valence-electron chi connectivity index (χ1n) is 5.78. The Hall–Kier alpha value is -1.51. The van der Waals surface area contributed by atoms with Gasteiger partial charge in [0.1, 0.15) is 0 Å². The summed E-state index contributed by atoms with van der Waals surface area (Å²) in [5, 5.41) is 0. The van der Waals surface area contributed by atoms with E-state index in [0.29, 0.717) is 0 Å². The minimum absolute atomic E-state index is 0.00858. The molecule has 1 unspecified atom stereocenters. The molecular weight excluding hydrogens is 200 g/mol. The van der Waals surface area contributed by atoms with E-state index in [9.17, 15) is 4.79 Å². The van der Waals surface area contributed by atoms with Crippen molar-refractivity contribution in [3.63, 3.8) is 0 Å². The quantitative estimate of drug-likeness (QED) is 0.821. The van der Waals surface area contributed by atoms with Crippen molar-refractivity contribution in [3.8, 4) is 0 Å². The average Bonchev–Trinajstić information content (AvgIpc) is 2.29. The molecule has 86 valence electrons. The topological polar surface area (TPSA) is 46.3 Å². The Morgan fingerprint density at radius 3 is 3.00 bits per heavy atom. The van der Waals surface area contributed by atoms with Crippen LogP contribution in [0, 0.1) is 12.8 Å². The van der Waals surface area contributed by atoms with Crippen LogP contribution in [-0.2, 0) is 4.79 Å². The van der Waals surface area contributed by atoms with Gasteiger partial charge in [-0.2, -0.15) is 0 Å². The molecular formula is C13H18N2O. The van der Waals surface area contributed by atoms with Gasteiger partial charge in [0.15, 0.2) is 0 Å². The largest absolute Gasteiger partial charge is 0.371 e. The Kier molecular flexibility index (Phi) is 3.13. The number of aryl methyl sites for hydroxylation is 1. The number of primary amides is 1. The molecule has 0 bridgehead atoms. The van der Waals surface area contributed by atoms with Crippen LogP contribution in [0.3, 0.4) is 0 Å². The predicted molar refractivity (Wildman–Crippen MR) is 65.3 cm³/mol. The van der Waals surface area contributed by atoms with Crippen molar-refractivity contribution in [2.24, 2.45) is 11.7 Å². The van der Waals surface area contributed by atoms with E-state index in [0.717, 1.165) is 25.9 Å². The summed E-state index contributed by atoms with van der Waals surface area (Å²) in [5.74, 6) is -0.161. The van der Waals surface area contributed by atoms with Gasteiger partial charge in [0, 0.05) is 18.8 Å². The highest BCUT2D eigenvalue weighted by Gasteiger charge is 2.23. The van der Waals surface area contributed by atoms with Crippen molar-refractivity contribution >= 4 is 11.6 Å². The Bertz CT molecular complexity index is 389. The smallest absolute Gasteiger partial charge is 0.222 e.